The van der Waals surface area contributed by atoms with E-state index in [1.165, 1.54) is 0 Å². The van der Waals surface area contributed by atoms with Gasteiger partial charge in [-0.2, -0.15) is 5.10 Å². The number of nitrogens with zero attached hydrogens (tertiary/aromatic N) is 2. The second-order valence-corrected chi connectivity index (χ2v) is 5.70. The summed E-state index contributed by atoms with van der Waals surface area (Å²) in [4.78, 5) is 14.5. The predicted octanol–water partition coefficient (Wildman–Crippen LogP) is 0.622. The number of carbonyl (C=O) groups excluding carboxylic acids is 1. The quantitative estimate of drug-likeness (QED) is 0.849. The third kappa shape index (κ3) is 2.71. The fourth-order valence-electron chi connectivity index (χ4n) is 3.19. The summed E-state index contributed by atoms with van der Waals surface area (Å²) in [6.45, 7) is 2.09. The Balaban J connectivity index is 1.61. The van der Waals surface area contributed by atoms with Crippen molar-refractivity contribution in [1.82, 2.24) is 15.1 Å². The number of rotatable bonds is 3. The van der Waals surface area contributed by atoms with Gasteiger partial charge in [0.05, 0.1) is 6.10 Å². The Morgan fingerprint density at radius 3 is 3.10 bits per heavy atom. The summed E-state index contributed by atoms with van der Waals surface area (Å²) < 4.78 is 5.72. The molecule has 0 spiro atoms. The van der Waals surface area contributed by atoms with E-state index in [2.05, 4.69) is 10.2 Å². The van der Waals surface area contributed by atoms with E-state index in [4.69, 9.17) is 10.5 Å². The summed E-state index contributed by atoms with van der Waals surface area (Å²) in [5.41, 5.74) is 6.72. The van der Waals surface area contributed by atoms with Crippen LogP contribution in [0.5, 0.6) is 0 Å². The molecule has 0 bridgehead atoms. The number of H-pyrrole nitrogens is 1. The molecule has 3 unspecified atom stereocenters. The molecule has 0 aromatic carbocycles. The van der Waals surface area contributed by atoms with Gasteiger partial charge in [0, 0.05) is 37.4 Å². The lowest BCUT2D eigenvalue weighted by molar-refractivity contribution is -0.144. The smallest absolute Gasteiger partial charge is 0.251 e. The molecule has 3 heterocycles. The van der Waals surface area contributed by atoms with E-state index < -0.39 is 0 Å². The minimum atomic E-state index is -0.288. The van der Waals surface area contributed by atoms with E-state index >= 15 is 0 Å². The molecule has 0 radical (unpaired) electrons. The number of piperidine rings is 1. The Labute approximate surface area is 118 Å². The van der Waals surface area contributed by atoms with E-state index in [0.717, 1.165) is 44.5 Å². The molecule has 2 aliphatic heterocycles. The zero-order valence-corrected chi connectivity index (χ0v) is 11.6. The monoisotopic (exact) mass is 278 g/mol. The Bertz CT molecular complexity index is 448. The van der Waals surface area contributed by atoms with Crippen molar-refractivity contribution >= 4 is 5.91 Å². The number of aromatic nitrogens is 2. The van der Waals surface area contributed by atoms with Crippen LogP contribution >= 0.6 is 0 Å². The molecule has 110 valence electrons. The van der Waals surface area contributed by atoms with Crippen LogP contribution in [0.25, 0.3) is 0 Å². The zero-order valence-electron chi connectivity index (χ0n) is 11.6. The molecule has 3 atom stereocenters. The van der Waals surface area contributed by atoms with Gasteiger partial charge in [0.25, 0.3) is 5.91 Å². The molecule has 6 heteroatoms. The minimum Gasteiger partial charge on any atom is -0.364 e. The van der Waals surface area contributed by atoms with Gasteiger partial charge in [-0.1, -0.05) is 0 Å². The lowest BCUT2D eigenvalue weighted by Gasteiger charge is -2.33. The first-order valence-electron chi connectivity index (χ1n) is 7.41. The van der Waals surface area contributed by atoms with E-state index in [0.29, 0.717) is 12.5 Å². The molecule has 0 aliphatic carbocycles. The van der Waals surface area contributed by atoms with E-state index in [-0.39, 0.29) is 18.1 Å². The minimum absolute atomic E-state index is 0.0529. The second kappa shape index (κ2) is 5.93. The third-order valence-corrected chi connectivity index (χ3v) is 4.34. The normalized spacial score (nSPS) is 30.6. The van der Waals surface area contributed by atoms with Crippen molar-refractivity contribution in [3.8, 4) is 0 Å². The maximum absolute atomic E-state index is 12.5. The van der Waals surface area contributed by atoms with Crippen LogP contribution in [0.1, 0.15) is 37.3 Å². The van der Waals surface area contributed by atoms with Gasteiger partial charge in [-0.05, 0) is 31.7 Å². The summed E-state index contributed by atoms with van der Waals surface area (Å²) in [5, 5.41) is 7.02. The van der Waals surface area contributed by atoms with Crippen LogP contribution < -0.4 is 5.73 Å². The molecular weight excluding hydrogens is 256 g/mol. The first-order valence-corrected chi connectivity index (χ1v) is 7.41. The van der Waals surface area contributed by atoms with Crippen LogP contribution in [0.4, 0.5) is 0 Å². The molecule has 1 amide bonds. The highest BCUT2D eigenvalue weighted by molar-refractivity contribution is 5.81. The van der Waals surface area contributed by atoms with E-state index in [1.807, 2.05) is 11.0 Å². The summed E-state index contributed by atoms with van der Waals surface area (Å²) >= 11 is 0. The Morgan fingerprint density at radius 1 is 1.50 bits per heavy atom. The maximum atomic E-state index is 12.5. The Morgan fingerprint density at radius 2 is 2.40 bits per heavy atom. The van der Waals surface area contributed by atoms with Gasteiger partial charge < -0.3 is 15.4 Å². The van der Waals surface area contributed by atoms with Gasteiger partial charge in [0.15, 0.2) is 0 Å². The average Bonchev–Trinajstić information content (AvgIpc) is 3.17. The summed E-state index contributed by atoms with van der Waals surface area (Å²) in [6.07, 6.45) is 5.35. The van der Waals surface area contributed by atoms with Gasteiger partial charge in [-0.25, -0.2) is 0 Å². The number of carbonyl (C=O) groups is 1. The predicted molar refractivity (Wildman–Crippen MR) is 74.1 cm³/mol. The lowest BCUT2D eigenvalue weighted by Crippen LogP contribution is -2.44. The second-order valence-electron chi connectivity index (χ2n) is 5.70. The van der Waals surface area contributed by atoms with Crippen LogP contribution in [0.3, 0.4) is 0 Å². The molecule has 1 aromatic heterocycles. The van der Waals surface area contributed by atoms with Crippen LogP contribution in [0.15, 0.2) is 12.3 Å². The fraction of sp³-hybridized carbons (Fsp3) is 0.714. The number of nitrogens with two attached hydrogens (primary N) is 1. The highest BCUT2D eigenvalue weighted by atomic mass is 16.5. The van der Waals surface area contributed by atoms with Crippen LogP contribution in [-0.4, -0.2) is 52.8 Å². The number of nitrogens with one attached hydrogen (secondary N) is 1. The topological polar surface area (TPSA) is 84.2 Å². The third-order valence-electron chi connectivity index (χ3n) is 4.34. The van der Waals surface area contributed by atoms with Crippen molar-refractivity contribution in [3.05, 3.63) is 18.0 Å². The molecule has 1 aromatic rings. The van der Waals surface area contributed by atoms with Crippen LogP contribution in [-0.2, 0) is 9.53 Å². The number of amides is 1. The van der Waals surface area contributed by atoms with E-state index in [1.54, 1.807) is 6.20 Å². The van der Waals surface area contributed by atoms with E-state index in [9.17, 15) is 4.79 Å². The highest BCUT2D eigenvalue weighted by Crippen LogP contribution is 2.28. The van der Waals surface area contributed by atoms with Gasteiger partial charge in [-0.3, -0.25) is 9.89 Å². The number of hydrogen-bond donors (Lipinski definition) is 2. The molecular formula is C14H22N4O2. The maximum Gasteiger partial charge on any atom is 0.251 e. The first-order chi connectivity index (χ1) is 9.78. The number of ether oxygens (including phenoxy) is 1. The Hall–Kier alpha value is -1.40. The zero-order chi connectivity index (χ0) is 13.9. The number of likely N-dealkylation sites (tertiary alicyclic amines) is 1. The lowest BCUT2D eigenvalue weighted by atomic mass is 9.94. The molecule has 20 heavy (non-hydrogen) atoms. The van der Waals surface area contributed by atoms with Crippen molar-refractivity contribution < 1.29 is 9.53 Å². The van der Waals surface area contributed by atoms with Gasteiger partial charge in [0.2, 0.25) is 0 Å². The number of aromatic amines is 1. The first kappa shape index (κ1) is 13.6. The largest absolute Gasteiger partial charge is 0.364 e. The van der Waals surface area contributed by atoms with Crippen molar-refractivity contribution in [2.45, 2.75) is 43.8 Å². The standard InChI is InChI=1S/C14H22N4O2/c15-8-11-3-4-13(20-11)14(19)18-7-1-2-10(9-18)12-5-6-16-17-12/h5-6,10-11,13H,1-4,7-9,15H2,(H,16,17). The number of hydrogen-bond acceptors (Lipinski definition) is 4. The fourth-order valence-corrected chi connectivity index (χ4v) is 3.19. The van der Waals surface area contributed by atoms with Crippen molar-refractivity contribution in [3.63, 3.8) is 0 Å². The summed E-state index contributed by atoms with van der Waals surface area (Å²) in [5.74, 6) is 0.493. The van der Waals surface area contributed by atoms with Gasteiger partial charge >= 0.3 is 0 Å². The molecule has 2 saturated heterocycles. The van der Waals surface area contributed by atoms with Gasteiger partial charge in [-0.15, -0.1) is 0 Å². The molecule has 3 N–H and O–H groups in total. The molecule has 6 nitrogen and oxygen atoms in total. The molecule has 3 rings (SSSR count). The Kier molecular flexibility index (Phi) is 4.03. The van der Waals surface area contributed by atoms with Crippen molar-refractivity contribution in [1.29, 1.82) is 0 Å². The molecule has 2 aliphatic rings. The average molecular weight is 278 g/mol. The summed E-state index contributed by atoms with van der Waals surface area (Å²) in [6, 6.07) is 2.00. The summed E-state index contributed by atoms with van der Waals surface area (Å²) in [7, 11) is 0. The van der Waals surface area contributed by atoms with Crippen LogP contribution in [0.2, 0.25) is 0 Å². The highest BCUT2D eigenvalue weighted by Gasteiger charge is 2.35. The molecule has 0 saturated carbocycles. The SMILES string of the molecule is NCC1CCC(C(=O)N2CCCC(c3ccn[nH]3)C2)O1. The van der Waals surface area contributed by atoms with Crippen LogP contribution in [0, 0.1) is 0 Å². The van der Waals surface area contributed by atoms with Crippen molar-refractivity contribution in [2.24, 2.45) is 5.73 Å². The van der Waals surface area contributed by atoms with Gasteiger partial charge in [0.1, 0.15) is 6.10 Å². The molecule has 2 fully saturated rings. The van der Waals surface area contributed by atoms with Crippen molar-refractivity contribution in [2.75, 3.05) is 19.6 Å².